The molecule has 11 aromatic rings. The zero-order valence-corrected chi connectivity index (χ0v) is 27.0. The molecule has 0 N–H and O–H groups in total. The van der Waals surface area contributed by atoms with Gasteiger partial charge in [0.05, 0.1) is 22.1 Å². The first-order chi connectivity index (χ1) is 24.3. The van der Waals surface area contributed by atoms with Crippen molar-refractivity contribution >= 4 is 86.0 Å². The first-order valence-electron chi connectivity index (χ1n) is 16.5. The van der Waals surface area contributed by atoms with E-state index < -0.39 is 0 Å². The van der Waals surface area contributed by atoms with Gasteiger partial charge in [-0.1, -0.05) is 115 Å². The van der Waals surface area contributed by atoms with E-state index in [1.807, 2.05) is 11.3 Å². The highest BCUT2D eigenvalue weighted by Crippen LogP contribution is 2.43. The second kappa shape index (κ2) is 10.1. The highest BCUT2D eigenvalue weighted by atomic mass is 32.1. The molecule has 4 aromatic heterocycles. The predicted octanol–water partition coefficient (Wildman–Crippen LogP) is 11.9. The Bertz CT molecular complexity index is 3100. The van der Waals surface area contributed by atoms with Gasteiger partial charge in [-0.3, -0.25) is 4.57 Å². The monoisotopic (exact) mass is 642 g/mol. The number of rotatable bonds is 3. The van der Waals surface area contributed by atoms with Gasteiger partial charge in [0.1, 0.15) is 11.2 Å². The molecular weight excluding hydrogens is 617 g/mol. The van der Waals surface area contributed by atoms with Crippen LogP contribution in [-0.2, 0) is 0 Å². The fourth-order valence-corrected chi connectivity index (χ4v) is 8.90. The maximum atomic E-state index is 5.54. The molecule has 0 aliphatic rings. The average molecular weight is 643 g/mol. The van der Waals surface area contributed by atoms with Crippen LogP contribution in [0.3, 0.4) is 0 Å². The predicted molar refractivity (Wildman–Crippen MR) is 207 cm³/mol. The van der Waals surface area contributed by atoms with Crippen molar-refractivity contribution < 1.29 is 0 Å². The van der Waals surface area contributed by atoms with Crippen LogP contribution in [0, 0.1) is 0 Å². The summed E-state index contributed by atoms with van der Waals surface area (Å²) < 4.78 is 7.19. The lowest BCUT2D eigenvalue weighted by Crippen LogP contribution is -2.04. The smallest absolute Gasteiger partial charge is 0.235 e. The Morgan fingerprint density at radius 3 is 2.00 bits per heavy atom. The van der Waals surface area contributed by atoms with Gasteiger partial charge in [0, 0.05) is 53.0 Å². The Morgan fingerprint density at radius 2 is 1.14 bits per heavy atom. The molecule has 0 bridgehead atoms. The summed E-state index contributed by atoms with van der Waals surface area (Å²) in [7, 11) is 0. The summed E-state index contributed by atoms with van der Waals surface area (Å²) in [6.45, 7) is 0. The summed E-state index contributed by atoms with van der Waals surface area (Å²) in [5.74, 6) is 0.665. The Kier molecular flexibility index (Phi) is 5.51. The number of thiophene rings is 1. The first-order valence-corrected chi connectivity index (χ1v) is 17.3. The minimum atomic E-state index is 0.665. The molecule has 0 atom stereocenters. The van der Waals surface area contributed by atoms with Crippen LogP contribution < -0.4 is 0 Å². The molecule has 0 radical (unpaired) electrons. The van der Waals surface area contributed by atoms with E-state index in [4.69, 9.17) is 9.97 Å². The molecule has 11 rings (SSSR count). The first kappa shape index (κ1) is 26.7. The molecule has 49 heavy (non-hydrogen) atoms. The number of benzene rings is 7. The summed E-state index contributed by atoms with van der Waals surface area (Å²) >= 11 is 1.84. The molecule has 5 heteroatoms. The van der Waals surface area contributed by atoms with Gasteiger partial charge >= 0.3 is 0 Å². The molecule has 0 spiro atoms. The zero-order valence-electron chi connectivity index (χ0n) is 26.2. The molecule has 0 aliphatic heterocycles. The van der Waals surface area contributed by atoms with E-state index in [0.717, 1.165) is 49.9 Å². The molecular formula is C44H26N4S. The van der Waals surface area contributed by atoms with Crippen LogP contribution in [0.4, 0.5) is 0 Å². The number of hydrogen-bond donors (Lipinski definition) is 0. The molecule has 0 aliphatic carbocycles. The van der Waals surface area contributed by atoms with Crippen LogP contribution >= 0.6 is 11.3 Å². The second-order valence-electron chi connectivity index (χ2n) is 12.6. The Balaban J connectivity index is 1.33. The number of hydrogen-bond acceptors (Lipinski definition) is 3. The van der Waals surface area contributed by atoms with Gasteiger partial charge in [-0.15, -0.1) is 11.3 Å². The summed E-state index contributed by atoms with van der Waals surface area (Å²) in [6.07, 6.45) is 0. The lowest BCUT2D eigenvalue weighted by molar-refractivity contribution is 1.01. The van der Waals surface area contributed by atoms with Crippen molar-refractivity contribution in [3.8, 4) is 22.9 Å². The number of para-hydroxylation sites is 2. The van der Waals surface area contributed by atoms with E-state index >= 15 is 0 Å². The van der Waals surface area contributed by atoms with Crippen molar-refractivity contribution in [2.24, 2.45) is 0 Å². The van der Waals surface area contributed by atoms with E-state index in [1.54, 1.807) is 0 Å². The van der Waals surface area contributed by atoms with Crippen LogP contribution in [-0.4, -0.2) is 19.1 Å². The van der Waals surface area contributed by atoms with Crippen LogP contribution in [0.1, 0.15) is 0 Å². The Morgan fingerprint density at radius 1 is 0.429 bits per heavy atom. The van der Waals surface area contributed by atoms with Crippen LogP contribution in [0.5, 0.6) is 0 Å². The Hall–Kier alpha value is -6.30. The number of fused-ring (bicyclic) bond motifs is 11. The molecule has 4 heterocycles. The summed E-state index contributed by atoms with van der Waals surface area (Å²) in [6, 6.07) is 56.3. The van der Waals surface area contributed by atoms with Crippen molar-refractivity contribution in [1.82, 2.24) is 19.1 Å². The molecule has 0 saturated heterocycles. The minimum absolute atomic E-state index is 0.665. The largest absolute Gasteiger partial charge is 0.305 e. The third-order valence-electron chi connectivity index (χ3n) is 9.91. The van der Waals surface area contributed by atoms with Gasteiger partial charge < -0.3 is 4.57 Å². The Labute approximate surface area is 284 Å². The van der Waals surface area contributed by atoms with E-state index in [9.17, 15) is 0 Å². The lowest BCUT2D eigenvalue weighted by Gasteiger charge is -2.13. The molecule has 0 amide bonds. The van der Waals surface area contributed by atoms with Gasteiger partial charge in [-0.25, -0.2) is 9.97 Å². The normalized spacial score (nSPS) is 12.1. The van der Waals surface area contributed by atoms with Crippen molar-refractivity contribution in [2.75, 3.05) is 0 Å². The van der Waals surface area contributed by atoms with Crippen LogP contribution in [0.25, 0.3) is 97.6 Å². The molecule has 228 valence electrons. The summed E-state index contributed by atoms with van der Waals surface area (Å²) in [5, 5.41) is 8.46. The molecule has 0 saturated carbocycles. The third kappa shape index (κ3) is 3.79. The number of aromatic nitrogens is 4. The summed E-state index contributed by atoms with van der Waals surface area (Å²) in [4.78, 5) is 11.1. The van der Waals surface area contributed by atoms with Gasteiger partial charge in [-0.05, 0) is 47.9 Å². The van der Waals surface area contributed by atoms with Crippen molar-refractivity contribution in [3.05, 3.63) is 158 Å². The van der Waals surface area contributed by atoms with E-state index in [-0.39, 0.29) is 0 Å². The molecule has 4 nitrogen and oxygen atoms in total. The van der Waals surface area contributed by atoms with Crippen LogP contribution in [0.15, 0.2) is 158 Å². The molecule has 7 aromatic carbocycles. The van der Waals surface area contributed by atoms with Gasteiger partial charge in [-0.2, -0.15) is 0 Å². The maximum Gasteiger partial charge on any atom is 0.235 e. The highest BCUT2D eigenvalue weighted by Gasteiger charge is 2.24. The van der Waals surface area contributed by atoms with E-state index in [1.165, 1.54) is 41.7 Å². The fourth-order valence-electron chi connectivity index (χ4n) is 7.78. The van der Waals surface area contributed by atoms with Gasteiger partial charge in [0.25, 0.3) is 0 Å². The fraction of sp³-hybridized carbons (Fsp3) is 0. The third-order valence-corrected chi connectivity index (χ3v) is 11.0. The van der Waals surface area contributed by atoms with Crippen molar-refractivity contribution in [2.45, 2.75) is 0 Å². The zero-order chi connectivity index (χ0) is 32.1. The van der Waals surface area contributed by atoms with Gasteiger partial charge in [0.2, 0.25) is 5.95 Å². The minimum Gasteiger partial charge on any atom is -0.305 e. The van der Waals surface area contributed by atoms with Crippen molar-refractivity contribution in [1.29, 1.82) is 0 Å². The lowest BCUT2D eigenvalue weighted by atomic mass is 10.1. The van der Waals surface area contributed by atoms with Gasteiger partial charge in [0.15, 0.2) is 0 Å². The van der Waals surface area contributed by atoms with E-state index in [0.29, 0.717) is 5.95 Å². The standard InChI is InChI=1S/C44H26N4S/c1-3-14-28(15-4-1)40-43-41(33-24-23-27-13-7-8-18-30(27)42(33)47(43)29-16-5-2-6-17-29)46-44(45-40)48-36-21-11-9-19-31(36)34-25-35-32-20-10-12-22-38(32)49-39(35)26-37(34)48/h1-26H. The average Bonchev–Trinajstić information content (AvgIpc) is 3.81. The van der Waals surface area contributed by atoms with E-state index in [2.05, 4.69) is 167 Å². The summed E-state index contributed by atoms with van der Waals surface area (Å²) in [5.41, 5.74) is 8.30. The molecule has 0 fully saturated rings. The maximum absolute atomic E-state index is 5.54. The topological polar surface area (TPSA) is 35.6 Å². The van der Waals surface area contributed by atoms with Crippen LogP contribution in [0.2, 0.25) is 0 Å². The second-order valence-corrected chi connectivity index (χ2v) is 13.7. The number of nitrogens with zero attached hydrogens (tertiary/aromatic N) is 4. The molecule has 0 unspecified atom stereocenters. The highest BCUT2D eigenvalue weighted by molar-refractivity contribution is 7.25. The SMILES string of the molecule is c1ccc(-c2nc(-n3c4ccccc4c4cc5c(cc43)sc3ccccc35)nc3c4ccc5ccccc5c4n(-c4ccccc4)c23)cc1. The van der Waals surface area contributed by atoms with Crippen molar-refractivity contribution in [3.63, 3.8) is 0 Å². The quantitative estimate of drug-likeness (QED) is 0.192.